The average molecular weight is 395 g/mol. The number of imidazole rings is 1. The van der Waals surface area contributed by atoms with Crippen molar-refractivity contribution in [2.45, 2.75) is 19.9 Å². The lowest BCUT2D eigenvalue weighted by molar-refractivity contribution is 0.357. The van der Waals surface area contributed by atoms with E-state index in [1.54, 1.807) is 6.20 Å². The van der Waals surface area contributed by atoms with Gasteiger partial charge in [0.2, 0.25) is 5.95 Å². The maximum absolute atomic E-state index is 6.45. The van der Waals surface area contributed by atoms with Crippen LogP contribution in [0.25, 0.3) is 16.9 Å². The first kappa shape index (κ1) is 17.1. The molecule has 0 unspecified atom stereocenters. The Hall–Kier alpha value is -3.06. The monoisotopic (exact) mass is 394 g/mol. The van der Waals surface area contributed by atoms with Gasteiger partial charge in [0.15, 0.2) is 5.65 Å². The first-order valence-corrected chi connectivity index (χ1v) is 9.49. The van der Waals surface area contributed by atoms with E-state index in [2.05, 4.69) is 20.4 Å². The number of rotatable bonds is 4. The maximum Gasteiger partial charge on any atom is 0.208 e. The largest absolute Gasteiger partial charge is 0.493 e. The molecule has 3 aromatic heterocycles. The van der Waals surface area contributed by atoms with Crippen molar-refractivity contribution in [2.24, 2.45) is 7.05 Å². The number of hydrogen-bond donors (Lipinski definition) is 1. The fourth-order valence-corrected chi connectivity index (χ4v) is 4.01. The highest BCUT2D eigenvalue weighted by atomic mass is 35.5. The quantitative estimate of drug-likeness (QED) is 0.572. The molecule has 0 atom stereocenters. The highest BCUT2D eigenvalue weighted by Crippen LogP contribution is 2.33. The van der Waals surface area contributed by atoms with Gasteiger partial charge in [-0.15, -0.1) is 0 Å². The summed E-state index contributed by atoms with van der Waals surface area (Å²) in [6.07, 6.45) is 6.38. The fraction of sp³-hybridized carbons (Fsp3) is 0.250. The first-order valence-electron chi connectivity index (χ1n) is 9.12. The van der Waals surface area contributed by atoms with Gasteiger partial charge >= 0.3 is 0 Å². The van der Waals surface area contributed by atoms with Gasteiger partial charge in [-0.1, -0.05) is 11.6 Å². The number of hydrogen-bond acceptors (Lipinski definition) is 5. The van der Waals surface area contributed by atoms with E-state index in [1.807, 2.05) is 53.6 Å². The zero-order valence-corrected chi connectivity index (χ0v) is 16.4. The summed E-state index contributed by atoms with van der Waals surface area (Å²) in [6, 6.07) is 5.85. The molecule has 1 aliphatic rings. The molecule has 0 bridgehead atoms. The van der Waals surface area contributed by atoms with Gasteiger partial charge in [-0.05, 0) is 30.7 Å². The molecule has 0 fully saturated rings. The van der Waals surface area contributed by atoms with E-state index in [-0.39, 0.29) is 0 Å². The molecule has 1 aromatic carbocycles. The van der Waals surface area contributed by atoms with Crippen LogP contribution in [0.4, 0.5) is 5.95 Å². The van der Waals surface area contributed by atoms with Gasteiger partial charge in [-0.25, -0.2) is 9.97 Å². The molecule has 0 amide bonds. The molecule has 1 N–H and O–H groups in total. The van der Waals surface area contributed by atoms with Gasteiger partial charge in [-0.3, -0.25) is 9.08 Å². The number of fused-ring (bicyclic) bond motifs is 2. The molecule has 28 heavy (non-hydrogen) atoms. The third kappa shape index (κ3) is 2.70. The first-order chi connectivity index (χ1) is 13.6. The van der Waals surface area contributed by atoms with Gasteiger partial charge < -0.3 is 10.1 Å². The van der Waals surface area contributed by atoms with Crippen LogP contribution in [-0.2, 0) is 20.0 Å². The van der Waals surface area contributed by atoms with Crippen LogP contribution in [0.2, 0.25) is 5.02 Å². The molecular formula is C20H19ClN6O. The SMILES string of the molecule is Cc1cc(-c2cnc(NCc3c(Cl)ccc4c3CCO4)n3ccnc23)n(C)n1. The van der Waals surface area contributed by atoms with Crippen molar-refractivity contribution >= 4 is 23.2 Å². The zero-order valence-electron chi connectivity index (χ0n) is 15.6. The van der Waals surface area contributed by atoms with E-state index in [1.165, 1.54) is 5.56 Å². The van der Waals surface area contributed by atoms with E-state index in [4.69, 9.17) is 16.3 Å². The van der Waals surface area contributed by atoms with Crippen LogP contribution < -0.4 is 10.1 Å². The summed E-state index contributed by atoms with van der Waals surface area (Å²) in [5, 5.41) is 8.57. The topological polar surface area (TPSA) is 69.3 Å². The lowest BCUT2D eigenvalue weighted by Gasteiger charge is -2.13. The Balaban J connectivity index is 1.50. The van der Waals surface area contributed by atoms with Crippen LogP contribution in [0.3, 0.4) is 0 Å². The minimum Gasteiger partial charge on any atom is -0.493 e. The molecule has 0 saturated heterocycles. The Morgan fingerprint density at radius 2 is 2.18 bits per heavy atom. The van der Waals surface area contributed by atoms with Crippen molar-refractivity contribution in [3.8, 4) is 17.0 Å². The molecule has 7 nitrogen and oxygen atoms in total. The van der Waals surface area contributed by atoms with Crippen LogP contribution in [0.15, 0.2) is 36.8 Å². The number of aromatic nitrogens is 5. The predicted octanol–water partition coefficient (Wildman–Crippen LogP) is 3.64. The van der Waals surface area contributed by atoms with Gasteiger partial charge in [0.1, 0.15) is 5.75 Å². The Kier molecular flexibility index (Phi) is 3.98. The van der Waals surface area contributed by atoms with Crippen molar-refractivity contribution in [3.63, 3.8) is 0 Å². The molecule has 4 aromatic rings. The lowest BCUT2D eigenvalue weighted by Crippen LogP contribution is -2.09. The molecule has 0 radical (unpaired) electrons. The van der Waals surface area contributed by atoms with Crippen molar-refractivity contribution in [1.82, 2.24) is 24.1 Å². The van der Waals surface area contributed by atoms with Crippen LogP contribution in [0, 0.1) is 6.92 Å². The summed E-state index contributed by atoms with van der Waals surface area (Å²) in [5.74, 6) is 1.63. The minimum absolute atomic E-state index is 0.565. The second-order valence-corrected chi connectivity index (χ2v) is 7.27. The van der Waals surface area contributed by atoms with Crippen LogP contribution in [0.1, 0.15) is 16.8 Å². The molecule has 8 heteroatoms. The second-order valence-electron chi connectivity index (χ2n) is 6.87. The summed E-state index contributed by atoms with van der Waals surface area (Å²) < 4.78 is 9.45. The number of nitrogens with one attached hydrogen (secondary N) is 1. The Bertz CT molecular complexity index is 1200. The van der Waals surface area contributed by atoms with Crippen LogP contribution >= 0.6 is 11.6 Å². The van der Waals surface area contributed by atoms with Crippen LogP contribution in [-0.4, -0.2) is 30.8 Å². The number of benzene rings is 1. The maximum atomic E-state index is 6.45. The van der Waals surface area contributed by atoms with E-state index >= 15 is 0 Å². The summed E-state index contributed by atoms with van der Waals surface area (Å²) in [6.45, 7) is 3.24. The molecule has 5 rings (SSSR count). The van der Waals surface area contributed by atoms with Crippen LogP contribution in [0.5, 0.6) is 5.75 Å². The van der Waals surface area contributed by atoms with Gasteiger partial charge in [0.25, 0.3) is 0 Å². The summed E-state index contributed by atoms with van der Waals surface area (Å²) in [7, 11) is 1.92. The number of halogens is 1. The summed E-state index contributed by atoms with van der Waals surface area (Å²) in [4.78, 5) is 9.17. The Labute approximate surface area is 166 Å². The third-order valence-corrected chi connectivity index (χ3v) is 5.42. The molecule has 4 heterocycles. The van der Waals surface area contributed by atoms with E-state index in [0.717, 1.165) is 45.4 Å². The van der Waals surface area contributed by atoms with E-state index in [0.29, 0.717) is 19.1 Å². The Morgan fingerprint density at radius 1 is 1.29 bits per heavy atom. The minimum atomic E-state index is 0.565. The molecule has 142 valence electrons. The lowest BCUT2D eigenvalue weighted by atomic mass is 10.1. The van der Waals surface area contributed by atoms with Gasteiger partial charge in [0.05, 0.1) is 23.6 Å². The third-order valence-electron chi connectivity index (χ3n) is 5.07. The normalized spacial score (nSPS) is 13.0. The molecule has 1 aliphatic heterocycles. The molecule has 0 saturated carbocycles. The van der Waals surface area contributed by atoms with Crippen molar-refractivity contribution < 1.29 is 4.74 Å². The average Bonchev–Trinajstić information content (AvgIpc) is 3.40. The zero-order chi connectivity index (χ0) is 19.3. The second kappa shape index (κ2) is 6.53. The smallest absolute Gasteiger partial charge is 0.208 e. The van der Waals surface area contributed by atoms with Gasteiger partial charge in [0, 0.05) is 49.2 Å². The van der Waals surface area contributed by atoms with Crippen molar-refractivity contribution in [3.05, 3.63) is 58.6 Å². The highest BCUT2D eigenvalue weighted by Gasteiger charge is 2.19. The number of nitrogens with zero attached hydrogens (tertiary/aromatic N) is 5. The number of aryl methyl sites for hydroxylation is 2. The van der Waals surface area contributed by atoms with Gasteiger partial charge in [-0.2, -0.15) is 5.10 Å². The Morgan fingerprint density at radius 3 is 3.00 bits per heavy atom. The highest BCUT2D eigenvalue weighted by molar-refractivity contribution is 6.31. The summed E-state index contributed by atoms with van der Waals surface area (Å²) >= 11 is 6.45. The van der Waals surface area contributed by atoms with Crippen molar-refractivity contribution in [2.75, 3.05) is 11.9 Å². The summed E-state index contributed by atoms with van der Waals surface area (Å²) in [5.41, 5.74) is 5.92. The standard InChI is InChI=1S/C20H19ClN6O/c1-12-9-17(26(2)25-12)15-11-24-20(27-7-6-22-19(15)27)23-10-14-13-5-8-28-18(13)4-3-16(14)21/h3-4,6-7,9,11H,5,8,10H2,1-2H3,(H,23,24). The predicted molar refractivity (Wildman–Crippen MR) is 108 cm³/mol. The molecule has 0 spiro atoms. The van der Waals surface area contributed by atoms with E-state index in [9.17, 15) is 0 Å². The molecular weight excluding hydrogens is 376 g/mol. The van der Waals surface area contributed by atoms with E-state index < -0.39 is 0 Å². The van der Waals surface area contributed by atoms with Crippen molar-refractivity contribution in [1.29, 1.82) is 0 Å². The fourth-order valence-electron chi connectivity index (χ4n) is 3.77. The number of ether oxygens (including phenoxy) is 1. The number of anilines is 1. The molecule has 0 aliphatic carbocycles.